The molecule has 2 aliphatic heterocycles. The zero-order chi connectivity index (χ0) is 75.8. The number of anilines is 1. The largest absolute Gasteiger partial charge is 0.508 e. The number of nitrogens with two attached hydrogens (primary N) is 1. The lowest BCUT2D eigenvalue weighted by Crippen LogP contribution is -2.46. The first kappa shape index (κ1) is 83.2. The molecule has 1 aliphatic carbocycles. The average molecular weight is 1430 g/mol. The fourth-order valence-corrected chi connectivity index (χ4v) is 13.2. The van der Waals surface area contributed by atoms with E-state index in [4.69, 9.17) is 15.3 Å². The molecule has 0 spiro atoms. The number of thioether (sulfide) groups is 1. The van der Waals surface area contributed by atoms with E-state index in [2.05, 4.69) is 49.0 Å². The third kappa shape index (κ3) is 25.6. The van der Waals surface area contributed by atoms with Crippen LogP contribution >= 0.6 is 11.8 Å². The predicted molar refractivity (Wildman–Crippen MR) is 394 cm³/mol. The Morgan fingerprint density at radius 2 is 1.20 bits per heavy atom. The maximum absolute atomic E-state index is 14.4. The highest BCUT2D eigenvalue weighted by atomic mass is 32.2. The number of carbonyl (C=O) groups excluding carboxylic acids is 9. The Morgan fingerprint density at radius 3 is 1.74 bits per heavy atom. The van der Waals surface area contributed by atoms with Gasteiger partial charge in [0.05, 0.1) is 46.6 Å². The van der Waals surface area contributed by atoms with Crippen molar-refractivity contribution < 1.29 is 72.5 Å². The number of nitrogens with zero attached hydrogens (tertiary/aromatic N) is 4. The first-order chi connectivity index (χ1) is 48.0. The normalized spacial score (nSPS) is 15.3. The highest BCUT2D eigenvalue weighted by molar-refractivity contribution is 8.00. The molecule has 0 bridgehead atoms. The summed E-state index contributed by atoms with van der Waals surface area (Å²) in [6, 6.07) is 11.1. The van der Waals surface area contributed by atoms with E-state index in [9.17, 15) is 67.7 Å². The Kier molecular flexibility index (Phi) is 32.4. The third-order valence-electron chi connectivity index (χ3n) is 17.2. The number of aromatic hydroxyl groups is 1. The van der Waals surface area contributed by atoms with Gasteiger partial charge in [-0.2, -0.15) is 0 Å². The second-order valence-corrected chi connectivity index (χ2v) is 28.8. The van der Waals surface area contributed by atoms with E-state index in [0.717, 1.165) is 45.4 Å². The molecule has 3 aliphatic rings. The van der Waals surface area contributed by atoms with Crippen molar-refractivity contribution in [3.63, 3.8) is 0 Å². The number of hydrogen-bond donors (Lipinski definition) is 8. The van der Waals surface area contributed by atoms with Crippen molar-refractivity contribution in [3.8, 4) is 28.2 Å². The van der Waals surface area contributed by atoms with E-state index >= 15 is 0 Å². The fourth-order valence-electron chi connectivity index (χ4n) is 12.0. The Labute approximate surface area is 601 Å². The maximum atomic E-state index is 14.4. The lowest BCUT2D eigenvalue weighted by molar-refractivity contribution is -0.137. The molecule has 554 valence electrons. The number of aliphatic carboxylic acids is 1. The molecule has 6 atom stereocenters. The number of carboxylic acid groups (broad SMARTS) is 2. The number of rotatable bonds is 40. The summed E-state index contributed by atoms with van der Waals surface area (Å²) in [7, 11) is 0. The van der Waals surface area contributed by atoms with Crippen LogP contribution in [0.4, 0.5) is 5.69 Å². The number of carboxylic acids is 2. The number of phenols is 1. The van der Waals surface area contributed by atoms with Gasteiger partial charge in [-0.1, -0.05) is 108 Å². The van der Waals surface area contributed by atoms with Crippen LogP contribution in [0.1, 0.15) is 139 Å². The van der Waals surface area contributed by atoms with Crippen LogP contribution in [0.15, 0.2) is 110 Å². The molecule has 102 heavy (non-hydrogen) atoms. The topological polar surface area (TPSA) is 366 Å². The standard InChI is InChI=1S/C76H103N9O16S/c1-44(2)23-28-82(73(96)52(11)34-49(8)42-84(30-27-79-54(13)86)74(97)53(12)33-48(7)41-83(29-24-45(3)4)72(95)51(10)31-46(5)39-78-26-22-68(91)92)40-47(6)32-50(9)71(94)80-25-14-15-66(89)81-62(70(77)93)43-102-65-38-67(90)85(75(65)98)55-16-19-58(61(35-55)76(99)100)69-59-20-17-56(87)36-63(59)101-64-37-57(88)18-21-60(64)69/h16-21,31-37,44-45,50-53,62,65,78,87H,14-15,22-30,38-43H2,1-13H3,(H2,77,93)(H,79,86)(H,80,94)(H,81,89)(H,91,92)(H,99,100)/b46-31+,47-32+,48-33+,49-34+/t50-,51+,52+,53+,62-,65?/m0/s1. The van der Waals surface area contributed by atoms with Crippen molar-refractivity contribution in [1.29, 1.82) is 0 Å². The van der Waals surface area contributed by atoms with Crippen LogP contribution in [0.2, 0.25) is 0 Å². The highest BCUT2D eigenvalue weighted by Crippen LogP contribution is 2.43. The third-order valence-corrected chi connectivity index (χ3v) is 18.5. The second-order valence-electron chi connectivity index (χ2n) is 27.5. The highest BCUT2D eigenvalue weighted by Gasteiger charge is 2.41. The van der Waals surface area contributed by atoms with E-state index in [1.165, 1.54) is 55.5 Å². The molecule has 0 saturated carbocycles. The van der Waals surface area contributed by atoms with Gasteiger partial charge in [0.1, 0.15) is 23.1 Å². The van der Waals surface area contributed by atoms with Crippen molar-refractivity contribution in [2.45, 2.75) is 140 Å². The fraction of sp³-hybridized carbons (Fsp3) is 0.500. The van der Waals surface area contributed by atoms with Gasteiger partial charge in [0, 0.05) is 120 Å². The molecule has 25 nitrogen and oxygen atoms in total. The number of aromatic carboxylic acids is 1. The number of nitrogens with one attached hydrogen (secondary N) is 4. The van der Waals surface area contributed by atoms with Crippen molar-refractivity contribution in [2.24, 2.45) is 41.2 Å². The van der Waals surface area contributed by atoms with Crippen molar-refractivity contribution in [3.05, 3.63) is 117 Å². The molecule has 0 aromatic heterocycles. The predicted octanol–water partition coefficient (Wildman–Crippen LogP) is 8.31. The van der Waals surface area contributed by atoms with Crippen molar-refractivity contribution in [2.75, 3.05) is 76.1 Å². The SMILES string of the molecule is CC(=O)NCCN(C/C(C)=C/[C@@H](C)C(=O)N(CCC(C)C)C/C(C)=C/[C@H](C)C(=O)NCCCC(=O)N[C@@H](CSC1CC(=O)N(c2ccc(-c3c4ccc(=O)cc-4oc4cc(O)ccc34)c(C(=O)O)c2)C1=O)C(N)=O)C(=O)[C@H](C)/C=C(\C)CN(CCC(C)C)C(=O)[C@H](C)/C=C(\C)CNCCC(=O)O. The molecule has 2 aromatic carbocycles. The summed E-state index contributed by atoms with van der Waals surface area (Å²) in [5.74, 6) is -7.85. The zero-order valence-corrected chi connectivity index (χ0v) is 61.9. The number of phenolic OH excluding ortho intramolecular Hbond substituents is 1. The molecular formula is C76H103N9O16S. The van der Waals surface area contributed by atoms with Crippen LogP contribution in [-0.4, -0.2) is 178 Å². The van der Waals surface area contributed by atoms with Crippen LogP contribution in [0.3, 0.4) is 0 Å². The summed E-state index contributed by atoms with van der Waals surface area (Å²) in [4.78, 5) is 163. The number of imide groups is 1. The Morgan fingerprint density at radius 1 is 0.647 bits per heavy atom. The molecule has 9 amide bonds. The second kappa shape index (κ2) is 39.7. The summed E-state index contributed by atoms with van der Waals surface area (Å²) in [5, 5.41) is 40.4. The Hall–Kier alpha value is -9.43. The summed E-state index contributed by atoms with van der Waals surface area (Å²) < 4.78 is 5.91. The molecule has 1 fully saturated rings. The Bertz CT molecular complexity index is 3870. The minimum Gasteiger partial charge on any atom is -0.508 e. The monoisotopic (exact) mass is 1430 g/mol. The smallest absolute Gasteiger partial charge is 0.336 e. The average Bonchev–Trinajstić information content (AvgIpc) is 0.955. The molecule has 2 heterocycles. The van der Waals surface area contributed by atoms with Crippen LogP contribution in [0, 0.1) is 35.5 Å². The van der Waals surface area contributed by atoms with Gasteiger partial charge in [-0.3, -0.25) is 52.7 Å². The minimum atomic E-state index is -1.38. The van der Waals surface area contributed by atoms with E-state index in [1.54, 1.807) is 42.7 Å². The Balaban J connectivity index is 1.15. The van der Waals surface area contributed by atoms with Gasteiger partial charge in [0.15, 0.2) is 5.43 Å². The quantitative estimate of drug-likeness (QED) is 0.00898. The van der Waals surface area contributed by atoms with Gasteiger partial charge in [-0.15, -0.1) is 11.8 Å². The van der Waals surface area contributed by atoms with Crippen LogP contribution in [-0.2, 0) is 47.9 Å². The number of amides is 9. The molecule has 26 heteroatoms. The van der Waals surface area contributed by atoms with Gasteiger partial charge < -0.3 is 61.4 Å². The first-order valence-corrected chi connectivity index (χ1v) is 35.7. The maximum Gasteiger partial charge on any atom is 0.336 e. The number of benzene rings is 3. The van der Waals surface area contributed by atoms with E-state index < -0.39 is 70.5 Å². The molecular weight excluding hydrogens is 1330 g/mol. The summed E-state index contributed by atoms with van der Waals surface area (Å²) >= 11 is 0.927. The number of fused-ring (bicyclic) bond motifs is 2. The summed E-state index contributed by atoms with van der Waals surface area (Å²) in [6.07, 6.45) is 8.63. The van der Waals surface area contributed by atoms with Crippen molar-refractivity contribution in [1.82, 2.24) is 36.0 Å². The van der Waals surface area contributed by atoms with Crippen molar-refractivity contribution >= 4 is 93.5 Å². The lowest BCUT2D eigenvalue weighted by Gasteiger charge is -2.29. The molecule has 1 unspecified atom stereocenters. The van der Waals surface area contributed by atoms with Crippen LogP contribution < -0.4 is 37.3 Å². The van der Waals surface area contributed by atoms with Gasteiger partial charge in [-0.25, -0.2) is 9.69 Å². The molecule has 2 aromatic rings. The van der Waals surface area contributed by atoms with Gasteiger partial charge in [-0.05, 0) is 101 Å². The lowest BCUT2D eigenvalue weighted by atomic mass is 9.90. The summed E-state index contributed by atoms with van der Waals surface area (Å²) in [5.41, 5.74) is 9.41. The number of carbonyl (C=O) groups is 11. The molecule has 1 saturated heterocycles. The minimum absolute atomic E-state index is 0.00683. The van der Waals surface area contributed by atoms with Crippen LogP contribution in [0.5, 0.6) is 5.75 Å². The number of hydrogen-bond acceptors (Lipinski definition) is 16. The van der Waals surface area contributed by atoms with Gasteiger partial charge in [0.2, 0.25) is 53.2 Å². The van der Waals surface area contributed by atoms with Gasteiger partial charge in [0.25, 0.3) is 0 Å². The van der Waals surface area contributed by atoms with E-state index in [-0.39, 0.29) is 139 Å². The summed E-state index contributed by atoms with van der Waals surface area (Å²) in [6.45, 7) is 27.3. The number of primary amides is 1. The first-order valence-electron chi connectivity index (χ1n) is 34.7. The molecule has 5 rings (SSSR count). The zero-order valence-electron chi connectivity index (χ0n) is 61.1. The molecule has 9 N–H and O–H groups in total. The van der Waals surface area contributed by atoms with Crippen LogP contribution in [0.25, 0.3) is 33.4 Å². The van der Waals surface area contributed by atoms with Gasteiger partial charge >= 0.3 is 11.9 Å². The van der Waals surface area contributed by atoms with E-state index in [1.807, 2.05) is 57.7 Å². The van der Waals surface area contributed by atoms with E-state index in [0.29, 0.717) is 61.6 Å². The molecule has 0 radical (unpaired) electrons.